The lowest BCUT2D eigenvalue weighted by Gasteiger charge is -2.31. The molecule has 2 amide bonds. The van der Waals surface area contributed by atoms with Gasteiger partial charge in [-0.1, -0.05) is 12.1 Å². The van der Waals surface area contributed by atoms with Gasteiger partial charge in [0.1, 0.15) is 22.9 Å². The number of ether oxygens (including phenoxy) is 1. The Balaban J connectivity index is 1.23. The molecule has 0 bridgehead atoms. The summed E-state index contributed by atoms with van der Waals surface area (Å²) in [6.07, 6.45) is 1.53. The van der Waals surface area contributed by atoms with Crippen LogP contribution in [0, 0.1) is 13.8 Å². The Bertz CT molecular complexity index is 1490. The number of pyridine rings is 1. The molecule has 2 aromatic carbocycles. The number of aromatic hydroxyl groups is 1. The Morgan fingerprint density at radius 3 is 2.57 bits per heavy atom. The van der Waals surface area contributed by atoms with Crippen LogP contribution in [0.2, 0.25) is 0 Å². The SMILES string of the molecule is COc1cc(C(=O)N2CCC(c3nc(C(=O)Nc4ccc(O)c(C)c4C)cs3)CC2)nc2ccccc12. The number of benzene rings is 2. The van der Waals surface area contributed by atoms with Crippen molar-refractivity contribution in [2.75, 3.05) is 25.5 Å². The fraction of sp³-hybridized carbons (Fsp3) is 0.286. The molecule has 1 saturated heterocycles. The number of likely N-dealkylation sites (tertiary alicyclic amines) is 1. The monoisotopic (exact) mass is 516 g/mol. The summed E-state index contributed by atoms with van der Waals surface area (Å²) in [5.74, 6) is 0.634. The molecule has 8 nitrogen and oxygen atoms in total. The van der Waals surface area contributed by atoms with E-state index in [-0.39, 0.29) is 23.5 Å². The van der Waals surface area contributed by atoms with Crippen molar-refractivity contribution in [3.63, 3.8) is 0 Å². The second kappa shape index (κ2) is 10.2. The highest BCUT2D eigenvalue weighted by Gasteiger charge is 2.28. The van der Waals surface area contributed by atoms with Crippen molar-refractivity contribution < 1.29 is 19.4 Å². The molecule has 3 heterocycles. The van der Waals surface area contributed by atoms with E-state index in [0.29, 0.717) is 35.9 Å². The molecule has 0 saturated carbocycles. The Morgan fingerprint density at radius 1 is 1.05 bits per heavy atom. The van der Waals surface area contributed by atoms with Gasteiger partial charge in [0, 0.05) is 41.5 Å². The van der Waals surface area contributed by atoms with E-state index in [1.54, 1.807) is 30.7 Å². The van der Waals surface area contributed by atoms with Gasteiger partial charge in [-0.15, -0.1) is 11.3 Å². The van der Waals surface area contributed by atoms with Crippen LogP contribution in [-0.2, 0) is 0 Å². The number of phenolic OH excluding ortho intramolecular Hbond substituents is 1. The number of aromatic nitrogens is 2. The highest BCUT2D eigenvalue weighted by molar-refractivity contribution is 7.10. The molecule has 0 atom stereocenters. The maximum absolute atomic E-state index is 13.2. The maximum atomic E-state index is 13.2. The third-order valence-corrected chi connectivity index (χ3v) is 8.02. The molecular formula is C28H28N4O4S. The number of thiazole rings is 1. The number of nitrogens with one attached hydrogen (secondary N) is 1. The minimum atomic E-state index is -0.278. The van der Waals surface area contributed by atoms with E-state index in [2.05, 4.69) is 15.3 Å². The summed E-state index contributed by atoms with van der Waals surface area (Å²) in [6, 6.07) is 12.6. The second-order valence-corrected chi connectivity index (χ2v) is 10.1. The molecule has 2 N–H and O–H groups in total. The lowest BCUT2D eigenvalue weighted by Crippen LogP contribution is -2.38. The highest BCUT2D eigenvalue weighted by Crippen LogP contribution is 2.32. The molecule has 5 rings (SSSR count). The van der Waals surface area contributed by atoms with Gasteiger partial charge in [-0.05, 0) is 62.1 Å². The molecule has 0 aliphatic carbocycles. The molecule has 0 radical (unpaired) electrons. The minimum Gasteiger partial charge on any atom is -0.508 e. The normalized spacial score (nSPS) is 14.1. The molecule has 1 aliphatic heterocycles. The average molecular weight is 517 g/mol. The van der Waals surface area contributed by atoms with Crippen molar-refractivity contribution in [2.45, 2.75) is 32.6 Å². The quantitative estimate of drug-likeness (QED) is 0.349. The molecular weight excluding hydrogens is 488 g/mol. The van der Waals surface area contributed by atoms with Crippen LogP contribution in [0.4, 0.5) is 5.69 Å². The number of hydrogen-bond donors (Lipinski definition) is 2. The third kappa shape index (κ3) is 4.86. The van der Waals surface area contributed by atoms with Crippen LogP contribution in [0.5, 0.6) is 11.5 Å². The molecule has 2 aromatic heterocycles. The number of amides is 2. The first-order chi connectivity index (χ1) is 17.9. The zero-order valence-corrected chi connectivity index (χ0v) is 21.8. The Labute approximate surface area is 218 Å². The number of nitrogens with zero attached hydrogens (tertiary/aromatic N) is 3. The van der Waals surface area contributed by atoms with Crippen molar-refractivity contribution in [2.24, 2.45) is 0 Å². The number of methoxy groups -OCH3 is 1. The minimum absolute atomic E-state index is 0.110. The van der Waals surface area contributed by atoms with Gasteiger partial charge in [-0.3, -0.25) is 9.59 Å². The standard InChI is InChI=1S/C28H28N4O4S/c1-16-17(2)24(33)9-8-20(16)30-26(34)23-15-37-27(31-23)18-10-12-32(13-11-18)28(35)22-14-25(36-3)19-6-4-5-7-21(19)29-22/h4-9,14-15,18,33H,10-13H2,1-3H3,(H,30,34). The molecule has 1 aliphatic rings. The van der Waals surface area contributed by atoms with Crippen molar-refractivity contribution in [1.29, 1.82) is 0 Å². The molecule has 9 heteroatoms. The molecule has 0 spiro atoms. The van der Waals surface area contributed by atoms with Gasteiger partial charge in [0.15, 0.2) is 0 Å². The molecule has 0 unspecified atom stereocenters. The fourth-order valence-electron chi connectivity index (χ4n) is 4.62. The van der Waals surface area contributed by atoms with Crippen LogP contribution in [0.3, 0.4) is 0 Å². The average Bonchev–Trinajstić information content (AvgIpc) is 3.43. The number of rotatable bonds is 5. The lowest BCUT2D eigenvalue weighted by molar-refractivity contribution is 0.0707. The zero-order chi connectivity index (χ0) is 26.1. The van der Waals surface area contributed by atoms with Gasteiger partial charge in [-0.2, -0.15) is 0 Å². The van der Waals surface area contributed by atoms with Crippen LogP contribution in [0.25, 0.3) is 10.9 Å². The number of para-hydroxylation sites is 1. The number of piperidine rings is 1. The smallest absolute Gasteiger partial charge is 0.275 e. The lowest BCUT2D eigenvalue weighted by atomic mass is 9.97. The number of anilines is 1. The molecule has 4 aromatic rings. The summed E-state index contributed by atoms with van der Waals surface area (Å²) >= 11 is 1.47. The van der Waals surface area contributed by atoms with Crippen LogP contribution in [-0.4, -0.2) is 52.0 Å². The van der Waals surface area contributed by atoms with Gasteiger partial charge in [0.05, 0.1) is 17.6 Å². The number of carbonyl (C=O) groups is 2. The van der Waals surface area contributed by atoms with Crippen molar-refractivity contribution >= 4 is 39.7 Å². The topological polar surface area (TPSA) is 105 Å². The maximum Gasteiger partial charge on any atom is 0.275 e. The van der Waals surface area contributed by atoms with Crippen LogP contribution in [0.1, 0.15) is 55.9 Å². The Kier molecular flexibility index (Phi) is 6.80. The van der Waals surface area contributed by atoms with Crippen LogP contribution < -0.4 is 10.1 Å². The van der Waals surface area contributed by atoms with E-state index in [0.717, 1.165) is 39.9 Å². The molecule has 37 heavy (non-hydrogen) atoms. The summed E-state index contributed by atoms with van der Waals surface area (Å²) in [5.41, 5.74) is 3.68. The summed E-state index contributed by atoms with van der Waals surface area (Å²) in [4.78, 5) is 37.0. The Morgan fingerprint density at radius 2 is 1.81 bits per heavy atom. The van der Waals surface area contributed by atoms with Gasteiger partial charge in [-0.25, -0.2) is 9.97 Å². The van der Waals surface area contributed by atoms with Crippen molar-refractivity contribution in [3.8, 4) is 11.5 Å². The van der Waals surface area contributed by atoms with E-state index < -0.39 is 0 Å². The predicted molar refractivity (Wildman–Crippen MR) is 144 cm³/mol. The summed E-state index contributed by atoms with van der Waals surface area (Å²) in [7, 11) is 1.59. The van der Waals surface area contributed by atoms with E-state index >= 15 is 0 Å². The number of hydrogen-bond acceptors (Lipinski definition) is 7. The van der Waals surface area contributed by atoms with Gasteiger partial charge < -0.3 is 20.1 Å². The van der Waals surface area contributed by atoms with Gasteiger partial charge >= 0.3 is 0 Å². The molecule has 1 fully saturated rings. The number of phenols is 1. The third-order valence-electron chi connectivity index (χ3n) is 7.01. The number of carbonyl (C=O) groups excluding carboxylic acids is 2. The molecule has 190 valence electrons. The van der Waals surface area contributed by atoms with Crippen molar-refractivity contribution in [3.05, 3.63) is 75.4 Å². The highest BCUT2D eigenvalue weighted by atomic mass is 32.1. The summed E-state index contributed by atoms with van der Waals surface area (Å²) < 4.78 is 5.50. The largest absolute Gasteiger partial charge is 0.508 e. The van der Waals surface area contributed by atoms with Crippen LogP contribution >= 0.6 is 11.3 Å². The van der Waals surface area contributed by atoms with Gasteiger partial charge in [0.2, 0.25) is 0 Å². The zero-order valence-electron chi connectivity index (χ0n) is 20.9. The summed E-state index contributed by atoms with van der Waals surface area (Å²) in [5, 5.41) is 16.3. The number of fused-ring (bicyclic) bond motifs is 1. The van der Waals surface area contributed by atoms with E-state index in [1.807, 2.05) is 43.0 Å². The fourth-order valence-corrected chi connectivity index (χ4v) is 5.59. The van der Waals surface area contributed by atoms with Crippen molar-refractivity contribution in [1.82, 2.24) is 14.9 Å². The van der Waals surface area contributed by atoms with E-state index in [4.69, 9.17) is 4.74 Å². The first-order valence-corrected chi connectivity index (χ1v) is 13.0. The van der Waals surface area contributed by atoms with Gasteiger partial charge in [0.25, 0.3) is 11.8 Å². The predicted octanol–water partition coefficient (Wildman–Crippen LogP) is 5.29. The Hall–Kier alpha value is -3.98. The van der Waals surface area contributed by atoms with E-state index in [9.17, 15) is 14.7 Å². The second-order valence-electron chi connectivity index (χ2n) is 9.20. The summed E-state index contributed by atoms with van der Waals surface area (Å²) in [6.45, 7) is 4.85. The first kappa shape index (κ1) is 24.7. The van der Waals surface area contributed by atoms with E-state index in [1.165, 1.54) is 11.3 Å². The van der Waals surface area contributed by atoms with Crippen LogP contribution in [0.15, 0.2) is 47.8 Å². The first-order valence-electron chi connectivity index (χ1n) is 12.1.